The topological polar surface area (TPSA) is 249 Å². The van der Waals surface area contributed by atoms with E-state index in [4.69, 9.17) is 14.9 Å². The molecule has 0 fully saturated rings. The molecule has 0 unspecified atom stereocenters. The van der Waals surface area contributed by atoms with E-state index in [1.54, 1.807) is 18.2 Å². The van der Waals surface area contributed by atoms with Gasteiger partial charge in [-0.2, -0.15) is 0 Å². The van der Waals surface area contributed by atoms with Crippen LogP contribution in [0.4, 0.5) is 0 Å². The standard InChI is InChI=1S/C32H55NO13S2/c1-31(2,3)29(44)47-16-18-7-8-20(11-19(18)17-48-30(45)32(4,5)6)46-10-9-33(12-21(36)25(40)27(42)23(38)14-34)13-22(37)26(41)28(43)24(39)15-35/h7-8,11,21-28,34-43H,9-10,12-17H2,1-6H3/t21-,22-,23+,24+,25+,26+,27+,28+/m0/s1. The van der Waals surface area contributed by atoms with Gasteiger partial charge < -0.3 is 55.8 Å². The third kappa shape index (κ3) is 14.8. The number of aliphatic hydroxyl groups excluding tert-OH is 10. The van der Waals surface area contributed by atoms with Crippen molar-refractivity contribution in [2.75, 3.05) is 39.5 Å². The van der Waals surface area contributed by atoms with Crippen LogP contribution in [0.25, 0.3) is 0 Å². The molecule has 0 aromatic heterocycles. The molecule has 0 saturated heterocycles. The van der Waals surface area contributed by atoms with Crippen molar-refractivity contribution in [1.29, 1.82) is 0 Å². The lowest BCUT2D eigenvalue weighted by molar-refractivity contribution is -0.130. The minimum absolute atomic E-state index is 0.0106. The van der Waals surface area contributed by atoms with Gasteiger partial charge in [-0.3, -0.25) is 14.5 Å². The molecule has 278 valence electrons. The highest BCUT2D eigenvalue weighted by Crippen LogP contribution is 2.32. The van der Waals surface area contributed by atoms with Gasteiger partial charge in [0, 0.05) is 42.0 Å². The average Bonchev–Trinajstić information content (AvgIpc) is 3.02. The first-order chi connectivity index (χ1) is 22.1. The molecule has 0 bridgehead atoms. The van der Waals surface area contributed by atoms with Crippen molar-refractivity contribution in [2.45, 2.75) is 102 Å². The number of thioether (sulfide) groups is 2. The van der Waals surface area contributed by atoms with Crippen molar-refractivity contribution in [3.63, 3.8) is 0 Å². The SMILES string of the molecule is CC(C)(C)C(=O)SCc1ccc(OCCN(C[C@H](O)[C@@H](O)[C@H](O)[C@H](O)CO)C[C@H](O)[C@@H](O)[C@H](O)[C@H](O)CO)cc1CSC(=O)C(C)(C)C. The summed E-state index contributed by atoms with van der Waals surface area (Å²) < 4.78 is 5.93. The largest absolute Gasteiger partial charge is 0.492 e. The number of carbonyl (C=O) groups excluding carboxylic acids is 2. The van der Waals surface area contributed by atoms with Gasteiger partial charge in [0.2, 0.25) is 0 Å². The molecule has 8 atom stereocenters. The Balaban J connectivity index is 3.17. The van der Waals surface area contributed by atoms with Crippen LogP contribution in [0.1, 0.15) is 52.7 Å². The maximum atomic E-state index is 12.7. The summed E-state index contributed by atoms with van der Waals surface area (Å²) in [5.41, 5.74) is 0.541. The van der Waals surface area contributed by atoms with E-state index in [9.17, 15) is 50.4 Å². The summed E-state index contributed by atoms with van der Waals surface area (Å²) >= 11 is 2.33. The highest BCUT2D eigenvalue weighted by molar-refractivity contribution is 8.13. The molecule has 1 rings (SSSR count). The number of ether oxygens (including phenoxy) is 1. The van der Waals surface area contributed by atoms with Crippen LogP contribution in [-0.2, 0) is 21.1 Å². The number of rotatable bonds is 20. The first-order valence-electron chi connectivity index (χ1n) is 15.6. The van der Waals surface area contributed by atoms with Crippen molar-refractivity contribution in [1.82, 2.24) is 4.90 Å². The molecule has 0 aliphatic rings. The van der Waals surface area contributed by atoms with Gasteiger partial charge in [0.05, 0.1) is 25.4 Å². The zero-order chi connectivity index (χ0) is 37.0. The molecule has 0 amide bonds. The molecule has 0 radical (unpaired) electrons. The molecule has 0 saturated carbocycles. The van der Waals surface area contributed by atoms with Gasteiger partial charge in [0.15, 0.2) is 10.2 Å². The molecule has 0 aliphatic heterocycles. The van der Waals surface area contributed by atoms with Crippen LogP contribution in [0.3, 0.4) is 0 Å². The first-order valence-corrected chi connectivity index (χ1v) is 17.6. The van der Waals surface area contributed by atoms with Crippen molar-refractivity contribution < 1.29 is 65.4 Å². The Hall–Kier alpha value is -1.38. The summed E-state index contributed by atoms with van der Waals surface area (Å²) in [4.78, 5) is 26.5. The monoisotopic (exact) mass is 725 g/mol. The van der Waals surface area contributed by atoms with Gasteiger partial charge in [0.1, 0.15) is 49.0 Å². The molecule has 1 aromatic carbocycles. The molecule has 0 spiro atoms. The zero-order valence-electron chi connectivity index (χ0n) is 28.5. The van der Waals surface area contributed by atoms with Crippen molar-refractivity contribution in [3.8, 4) is 5.75 Å². The van der Waals surface area contributed by atoms with Gasteiger partial charge in [-0.1, -0.05) is 71.1 Å². The Kier molecular flexibility index (Phi) is 19.0. The molecule has 0 heterocycles. The third-order valence-corrected chi connectivity index (χ3v) is 10.00. The van der Waals surface area contributed by atoms with E-state index in [-0.39, 0.29) is 23.4 Å². The Labute approximate surface area is 290 Å². The summed E-state index contributed by atoms with van der Waals surface area (Å²) in [6, 6.07) is 5.24. The van der Waals surface area contributed by atoms with Gasteiger partial charge >= 0.3 is 0 Å². The lowest BCUT2D eigenvalue weighted by atomic mass is 9.99. The van der Waals surface area contributed by atoms with Crippen LogP contribution in [0.2, 0.25) is 0 Å². The molecule has 10 N–H and O–H groups in total. The van der Waals surface area contributed by atoms with E-state index in [2.05, 4.69) is 0 Å². The van der Waals surface area contributed by atoms with Crippen LogP contribution in [0.15, 0.2) is 18.2 Å². The average molecular weight is 726 g/mol. The summed E-state index contributed by atoms with van der Waals surface area (Å²) in [6.45, 7) is 8.23. The van der Waals surface area contributed by atoms with Crippen molar-refractivity contribution in [2.24, 2.45) is 10.8 Å². The number of aliphatic hydroxyl groups is 10. The smallest absolute Gasteiger partial charge is 0.194 e. The molecule has 14 nitrogen and oxygen atoms in total. The first kappa shape index (κ1) is 44.6. The maximum Gasteiger partial charge on any atom is 0.194 e. The predicted molar refractivity (Wildman–Crippen MR) is 182 cm³/mol. The fourth-order valence-corrected chi connectivity index (χ4v) is 6.10. The lowest BCUT2D eigenvalue weighted by Gasteiger charge is -2.33. The van der Waals surface area contributed by atoms with Crippen molar-refractivity contribution >= 4 is 33.8 Å². The van der Waals surface area contributed by atoms with E-state index in [1.807, 2.05) is 41.5 Å². The molecule has 0 aliphatic carbocycles. The van der Waals surface area contributed by atoms with E-state index < -0.39 is 86.0 Å². The highest BCUT2D eigenvalue weighted by atomic mass is 32.2. The molecule has 1 aromatic rings. The minimum Gasteiger partial charge on any atom is -0.492 e. The number of carbonyl (C=O) groups is 2. The molecule has 16 heteroatoms. The Morgan fingerprint density at radius 1 is 0.667 bits per heavy atom. The lowest BCUT2D eigenvalue weighted by Crippen LogP contribution is -2.53. The summed E-state index contributed by atoms with van der Waals surface area (Å²) in [6.07, 6.45) is -14.5. The summed E-state index contributed by atoms with van der Waals surface area (Å²) in [7, 11) is 0. The van der Waals surface area contributed by atoms with Crippen molar-refractivity contribution in [3.05, 3.63) is 29.3 Å². The van der Waals surface area contributed by atoms with Gasteiger partial charge in [-0.05, 0) is 23.3 Å². The third-order valence-electron chi connectivity index (χ3n) is 7.34. The van der Waals surface area contributed by atoms with E-state index in [1.165, 1.54) is 16.7 Å². The van der Waals surface area contributed by atoms with Crippen LogP contribution in [0, 0.1) is 10.8 Å². The molecular formula is C32H55NO13S2. The number of hydrogen-bond acceptors (Lipinski definition) is 16. The Bertz CT molecular complexity index is 1100. The van der Waals surface area contributed by atoms with Crippen LogP contribution < -0.4 is 4.74 Å². The number of benzene rings is 1. The van der Waals surface area contributed by atoms with E-state index in [0.717, 1.165) is 22.9 Å². The second kappa shape index (κ2) is 20.5. The molecule has 48 heavy (non-hydrogen) atoms. The second-order valence-electron chi connectivity index (χ2n) is 13.8. The van der Waals surface area contributed by atoms with Crippen LogP contribution in [-0.4, -0.2) is 154 Å². The van der Waals surface area contributed by atoms with E-state index >= 15 is 0 Å². The fraction of sp³-hybridized carbons (Fsp3) is 0.750. The van der Waals surface area contributed by atoms with Crippen LogP contribution >= 0.6 is 23.5 Å². The van der Waals surface area contributed by atoms with Gasteiger partial charge in [-0.25, -0.2) is 0 Å². The maximum absolute atomic E-state index is 12.7. The summed E-state index contributed by atoms with van der Waals surface area (Å²) in [5, 5.41) is 99.3. The predicted octanol–water partition coefficient (Wildman–Crippen LogP) is -1.15. The Morgan fingerprint density at radius 3 is 1.46 bits per heavy atom. The van der Waals surface area contributed by atoms with E-state index in [0.29, 0.717) is 17.3 Å². The quantitative estimate of drug-likeness (QED) is 0.0762. The minimum atomic E-state index is -1.91. The fourth-order valence-electron chi connectivity index (χ4n) is 4.11. The van der Waals surface area contributed by atoms with Crippen LogP contribution in [0.5, 0.6) is 5.75 Å². The highest BCUT2D eigenvalue weighted by Gasteiger charge is 2.34. The Morgan fingerprint density at radius 2 is 1.06 bits per heavy atom. The summed E-state index contributed by atoms with van der Waals surface area (Å²) in [5.74, 6) is 1.13. The number of nitrogens with zero attached hydrogens (tertiary/aromatic N) is 1. The second-order valence-corrected chi connectivity index (χ2v) is 15.7. The number of hydrogen-bond donors (Lipinski definition) is 10. The normalized spacial score (nSPS) is 17.7. The molecular weight excluding hydrogens is 670 g/mol. The van der Waals surface area contributed by atoms with Gasteiger partial charge in [0.25, 0.3) is 0 Å². The zero-order valence-corrected chi connectivity index (χ0v) is 30.1. The van der Waals surface area contributed by atoms with Gasteiger partial charge in [-0.15, -0.1) is 0 Å².